The summed E-state index contributed by atoms with van der Waals surface area (Å²) in [5.41, 5.74) is 0.410. The number of carbonyl (C=O) groups is 2. The minimum atomic E-state index is -0.848. The van der Waals surface area contributed by atoms with E-state index in [0.717, 1.165) is 15.6 Å². The zero-order valence-electron chi connectivity index (χ0n) is 16.0. The number of nitrogens with zero attached hydrogens (tertiary/aromatic N) is 1. The van der Waals surface area contributed by atoms with Gasteiger partial charge in [0.2, 0.25) is 5.91 Å². The highest BCUT2D eigenvalue weighted by Gasteiger charge is 2.54. The largest absolute Gasteiger partial charge is 0.443 e. The van der Waals surface area contributed by atoms with Crippen LogP contribution in [-0.2, 0) is 14.9 Å². The molecule has 1 fully saturated rings. The predicted molar refractivity (Wildman–Crippen MR) is 109 cm³/mol. The van der Waals surface area contributed by atoms with E-state index in [1.165, 1.54) is 4.90 Å². The van der Waals surface area contributed by atoms with E-state index in [-0.39, 0.29) is 11.8 Å². The average molecular weight is 430 g/mol. The van der Waals surface area contributed by atoms with E-state index in [4.69, 9.17) is 4.74 Å². The Labute approximate surface area is 168 Å². The van der Waals surface area contributed by atoms with Crippen molar-refractivity contribution in [2.45, 2.75) is 44.6 Å². The van der Waals surface area contributed by atoms with E-state index in [0.29, 0.717) is 6.54 Å². The lowest BCUT2D eigenvalue weighted by atomic mass is 9.71. The highest BCUT2D eigenvalue weighted by Crippen LogP contribution is 2.46. The molecule has 1 saturated heterocycles. The normalized spacial score (nSPS) is 22.8. The van der Waals surface area contributed by atoms with Crippen molar-refractivity contribution >= 4 is 27.9 Å². The van der Waals surface area contributed by atoms with Gasteiger partial charge in [0.25, 0.3) is 0 Å². The van der Waals surface area contributed by atoms with E-state index in [1.54, 1.807) is 20.8 Å². The molecule has 2 amide bonds. The van der Waals surface area contributed by atoms with Crippen LogP contribution in [-0.4, -0.2) is 29.0 Å². The van der Waals surface area contributed by atoms with E-state index >= 15 is 0 Å². The Bertz CT molecular complexity index is 842. The second-order valence-electron chi connectivity index (χ2n) is 8.07. The number of benzene rings is 2. The molecule has 2 atom stereocenters. The summed E-state index contributed by atoms with van der Waals surface area (Å²) in [6, 6.07) is 17.6. The Balaban J connectivity index is 2.05. The lowest BCUT2D eigenvalue weighted by Crippen LogP contribution is -2.42. The molecule has 2 aromatic carbocycles. The second kappa shape index (κ2) is 7.12. The standard InChI is InChI=1S/C22H24BrNO3/c1-21(2,3)27-20(26)24-14-18(15-8-6-5-7-9-15)22(4,19(24)25)16-10-12-17(23)13-11-16/h5-13,18H,14H2,1-4H3/t18-,22+/m0/s1. The van der Waals surface area contributed by atoms with Crippen LogP contribution in [0.3, 0.4) is 0 Å². The molecule has 2 aromatic rings. The van der Waals surface area contributed by atoms with Crippen molar-refractivity contribution in [3.63, 3.8) is 0 Å². The van der Waals surface area contributed by atoms with Gasteiger partial charge in [-0.2, -0.15) is 0 Å². The van der Waals surface area contributed by atoms with Crippen molar-refractivity contribution in [2.75, 3.05) is 6.54 Å². The molecule has 142 valence electrons. The molecule has 27 heavy (non-hydrogen) atoms. The minimum absolute atomic E-state index is 0.153. The summed E-state index contributed by atoms with van der Waals surface area (Å²) in [5, 5.41) is 0. The van der Waals surface area contributed by atoms with Crippen LogP contribution in [0.4, 0.5) is 4.79 Å². The molecule has 0 bridgehead atoms. The van der Waals surface area contributed by atoms with Crippen LogP contribution in [0.1, 0.15) is 44.7 Å². The van der Waals surface area contributed by atoms with Crippen LogP contribution in [0, 0.1) is 0 Å². The lowest BCUT2D eigenvalue weighted by Gasteiger charge is -2.29. The summed E-state index contributed by atoms with van der Waals surface area (Å²) in [6.07, 6.45) is -0.589. The monoisotopic (exact) mass is 429 g/mol. The molecule has 1 aliphatic heterocycles. The number of amides is 2. The Kier molecular flexibility index (Phi) is 5.17. The number of rotatable bonds is 2. The Hall–Kier alpha value is -2.14. The lowest BCUT2D eigenvalue weighted by molar-refractivity contribution is -0.131. The third-order valence-corrected chi connectivity index (χ3v) is 5.54. The number of ether oxygens (including phenoxy) is 1. The Morgan fingerprint density at radius 2 is 1.70 bits per heavy atom. The quantitative estimate of drug-likeness (QED) is 0.653. The number of carbonyl (C=O) groups excluding carboxylic acids is 2. The van der Waals surface area contributed by atoms with E-state index in [1.807, 2.05) is 61.5 Å². The van der Waals surface area contributed by atoms with Gasteiger partial charge in [-0.15, -0.1) is 0 Å². The maximum Gasteiger partial charge on any atom is 0.417 e. The average Bonchev–Trinajstić information content (AvgIpc) is 2.88. The first kappa shape index (κ1) is 19.6. The smallest absolute Gasteiger partial charge is 0.417 e. The number of hydrogen-bond acceptors (Lipinski definition) is 3. The van der Waals surface area contributed by atoms with Gasteiger partial charge in [-0.3, -0.25) is 4.79 Å². The molecule has 0 N–H and O–H groups in total. The van der Waals surface area contributed by atoms with Gasteiger partial charge in [-0.1, -0.05) is 58.4 Å². The topological polar surface area (TPSA) is 46.6 Å². The molecule has 4 nitrogen and oxygen atoms in total. The highest BCUT2D eigenvalue weighted by molar-refractivity contribution is 9.10. The third kappa shape index (κ3) is 3.79. The molecule has 0 spiro atoms. The van der Waals surface area contributed by atoms with Crippen molar-refractivity contribution < 1.29 is 14.3 Å². The summed E-state index contributed by atoms with van der Waals surface area (Å²) in [4.78, 5) is 27.4. The molecule has 0 radical (unpaired) electrons. The van der Waals surface area contributed by atoms with Gasteiger partial charge in [-0.05, 0) is 51.0 Å². The van der Waals surface area contributed by atoms with E-state index < -0.39 is 17.1 Å². The molecule has 0 aromatic heterocycles. The first-order valence-electron chi connectivity index (χ1n) is 8.99. The van der Waals surface area contributed by atoms with Crippen LogP contribution < -0.4 is 0 Å². The zero-order valence-corrected chi connectivity index (χ0v) is 17.6. The van der Waals surface area contributed by atoms with Crippen LogP contribution in [0.25, 0.3) is 0 Å². The molecule has 5 heteroatoms. The van der Waals surface area contributed by atoms with E-state index in [9.17, 15) is 9.59 Å². The minimum Gasteiger partial charge on any atom is -0.443 e. The van der Waals surface area contributed by atoms with Crippen LogP contribution in [0.15, 0.2) is 59.1 Å². The van der Waals surface area contributed by atoms with Crippen LogP contribution in [0.2, 0.25) is 0 Å². The van der Waals surface area contributed by atoms with Gasteiger partial charge < -0.3 is 4.74 Å². The summed E-state index contributed by atoms with van der Waals surface area (Å²) < 4.78 is 6.43. The second-order valence-corrected chi connectivity index (χ2v) is 8.98. The highest BCUT2D eigenvalue weighted by atomic mass is 79.9. The first-order valence-corrected chi connectivity index (χ1v) is 9.78. The maximum absolute atomic E-state index is 13.4. The van der Waals surface area contributed by atoms with Crippen molar-refractivity contribution in [1.29, 1.82) is 0 Å². The third-order valence-electron chi connectivity index (χ3n) is 5.01. The number of halogens is 1. The summed E-state index contributed by atoms with van der Waals surface area (Å²) in [5.74, 6) is -0.382. The number of likely N-dealkylation sites (tertiary alicyclic amines) is 1. The fourth-order valence-electron chi connectivity index (χ4n) is 3.60. The molecule has 0 saturated carbocycles. The molecular weight excluding hydrogens is 406 g/mol. The molecule has 0 aliphatic carbocycles. The summed E-state index contributed by atoms with van der Waals surface area (Å²) in [6.45, 7) is 7.61. The SMILES string of the molecule is CC(C)(C)OC(=O)N1C[C@@H](c2ccccc2)[C@@](C)(c2ccc(Br)cc2)C1=O. The fourth-order valence-corrected chi connectivity index (χ4v) is 3.86. The predicted octanol–water partition coefficient (Wildman–Crippen LogP) is 5.27. The zero-order chi connectivity index (χ0) is 19.8. The van der Waals surface area contributed by atoms with E-state index in [2.05, 4.69) is 15.9 Å². The van der Waals surface area contributed by atoms with Gasteiger partial charge in [0.05, 0.1) is 5.41 Å². The Morgan fingerprint density at radius 3 is 2.26 bits per heavy atom. The van der Waals surface area contributed by atoms with Gasteiger partial charge in [-0.25, -0.2) is 9.69 Å². The van der Waals surface area contributed by atoms with Crippen molar-refractivity contribution in [1.82, 2.24) is 4.90 Å². The van der Waals surface area contributed by atoms with Gasteiger partial charge in [0.1, 0.15) is 5.60 Å². The summed E-state index contributed by atoms with van der Waals surface area (Å²) >= 11 is 3.45. The van der Waals surface area contributed by atoms with Crippen LogP contribution >= 0.6 is 15.9 Å². The summed E-state index contributed by atoms with van der Waals surface area (Å²) in [7, 11) is 0. The Morgan fingerprint density at radius 1 is 1.11 bits per heavy atom. The van der Waals surface area contributed by atoms with Crippen molar-refractivity contribution in [3.8, 4) is 0 Å². The van der Waals surface area contributed by atoms with Gasteiger partial charge in [0, 0.05) is 16.9 Å². The van der Waals surface area contributed by atoms with Crippen LogP contribution in [0.5, 0.6) is 0 Å². The molecular formula is C22H24BrNO3. The van der Waals surface area contributed by atoms with Crippen molar-refractivity contribution in [3.05, 3.63) is 70.2 Å². The maximum atomic E-state index is 13.4. The first-order chi connectivity index (χ1) is 12.6. The number of hydrogen-bond donors (Lipinski definition) is 0. The van der Waals surface area contributed by atoms with Gasteiger partial charge >= 0.3 is 6.09 Å². The molecule has 1 heterocycles. The fraction of sp³-hybridized carbons (Fsp3) is 0.364. The molecule has 3 rings (SSSR count). The van der Waals surface area contributed by atoms with Gasteiger partial charge in [0.15, 0.2) is 0 Å². The van der Waals surface area contributed by atoms with Crippen molar-refractivity contribution in [2.24, 2.45) is 0 Å². The number of imide groups is 1. The molecule has 1 aliphatic rings. The molecule has 0 unspecified atom stereocenters.